The molecule has 2 aromatic rings. The summed E-state index contributed by atoms with van der Waals surface area (Å²) < 4.78 is 20.1. The Balaban J connectivity index is 1.35. The zero-order valence-electron chi connectivity index (χ0n) is 18.3. The molecule has 3 heterocycles. The Morgan fingerprint density at radius 1 is 1.16 bits per heavy atom. The van der Waals surface area contributed by atoms with Gasteiger partial charge in [-0.05, 0) is 56.3 Å². The van der Waals surface area contributed by atoms with E-state index < -0.39 is 0 Å². The van der Waals surface area contributed by atoms with E-state index in [1.807, 2.05) is 29.2 Å². The van der Waals surface area contributed by atoms with Crippen molar-refractivity contribution in [2.75, 3.05) is 32.8 Å². The lowest BCUT2D eigenvalue weighted by atomic mass is 9.98. The average molecular weight is 426 g/mol. The van der Waals surface area contributed by atoms with Crippen molar-refractivity contribution >= 4 is 5.91 Å². The smallest absolute Gasteiger partial charge is 0.257 e. The minimum absolute atomic E-state index is 0.0703. The summed E-state index contributed by atoms with van der Waals surface area (Å²) in [7, 11) is 0. The first-order chi connectivity index (χ1) is 15.1. The number of likely N-dealkylation sites (tertiary alicyclic amines) is 2. The lowest BCUT2D eigenvalue weighted by Gasteiger charge is -2.33. The number of nitrogens with zero attached hydrogens (tertiary/aromatic N) is 3. The maximum atomic E-state index is 14.0. The standard InChI is InChI=1S/C25H32FN3O2/c1-19-9-13-29(14-10-19)25(30)22-6-2-3-7-24(22)31-18-20-5-4-12-28(16-20)17-21-8-11-27-15-23(21)26/h2-3,6-8,11,15,19-20H,4-5,9-10,12-14,16-18H2,1H3. The van der Waals surface area contributed by atoms with Gasteiger partial charge in [0.2, 0.25) is 0 Å². The molecule has 4 rings (SSSR count). The second kappa shape index (κ2) is 10.2. The lowest BCUT2D eigenvalue weighted by Crippen LogP contribution is -2.38. The molecule has 0 saturated carbocycles. The van der Waals surface area contributed by atoms with Gasteiger partial charge in [-0.1, -0.05) is 19.1 Å². The van der Waals surface area contributed by atoms with E-state index in [1.165, 1.54) is 6.20 Å². The first-order valence-electron chi connectivity index (χ1n) is 11.4. The summed E-state index contributed by atoms with van der Waals surface area (Å²) in [5, 5.41) is 0. The van der Waals surface area contributed by atoms with Crippen LogP contribution in [0.15, 0.2) is 42.7 Å². The van der Waals surface area contributed by atoms with E-state index in [4.69, 9.17) is 4.74 Å². The molecule has 0 N–H and O–H groups in total. The molecule has 1 amide bonds. The van der Waals surface area contributed by atoms with Crippen LogP contribution in [0, 0.1) is 17.7 Å². The Hall–Kier alpha value is -2.47. The summed E-state index contributed by atoms with van der Waals surface area (Å²) in [4.78, 5) is 21.1. The molecular formula is C25H32FN3O2. The number of hydrogen-bond acceptors (Lipinski definition) is 4. The van der Waals surface area contributed by atoms with Gasteiger partial charge in [0.25, 0.3) is 5.91 Å². The Morgan fingerprint density at radius 2 is 1.97 bits per heavy atom. The van der Waals surface area contributed by atoms with Crippen molar-refractivity contribution in [2.45, 2.75) is 39.2 Å². The van der Waals surface area contributed by atoms with Crippen LogP contribution >= 0.6 is 0 Å². The summed E-state index contributed by atoms with van der Waals surface area (Å²) in [6, 6.07) is 9.34. The highest BCUT2D eigenvalue weighted by atomic mass is 19.1. The fourth-order valence-corrected chi connectivity index (χ4v) is 4.56. The van der Waals surface area contributed by atoms with E-state index in [0.717, 1.165) is 51.9 Å². The van der Waals surface area contributed by atoms with E-state index in [-0.39, 0.29) is 11.7 Å². The molecule has 6 heteroatoms. The summed E-state index contributed by atoms with van der Waals surface area (Å²) in [6.45, 7) is 6.86. The highest BCUT2D eigenvalue weighted by molar-refractivity contribution is 5.97. The van der Waals surface area contributed by atoms with Crippen LogP contribution in [0.5, 0.6) is 5.75 Å². The normalized spacial score (nSPS) is 20.6. The molecule has 31 heavy (non-hydrogen) atoms. The zero-order valence-corrected chi connectivity index (χ0v) is 18.3. The molecule has 2 aliphatic heterocycles. The SMILES string of the molecule is CC1CCN(C(=O)c2ccccc2OCC2CCCN(Cc3ccncc3F)C2)CC1. The van der Waals surface area contributed by atoms with Gasteiger partial charge >= 0.3 is 0 Å². The van der Waals surface area contributed by atoms with Gasteiger partial charge in [0.05, 0.1) is 18.4 Å². The lowest BCUT2D eigenvalue weighted by molar-refractivity contribution is 0.0689. The number of benzene rings is 1. The Kier molecular flexibility index (Phi) is 7.17. The van der Waals surface area contributed by atoms with Gasteiger partial charge in [-0.3, -0.25) is 14.7 Å². The largest absolute Gasteiger partial charge is 0.492 e. The third-order valence-corrected chi connectivity index (χ3v) is 6.52. The van der Waals surface area contributed by atoms with Crippen molar-refractivity contribution in [3.05, 3.63) is 59.7 Å². The van der Waals surface area contributed by atoms with Crippen LogP contribution in [0.1, 0.15) is 48.5 Å². The quantitative estimate of drug-likeness (QED) is 0.689. The summed E-state index contributed by atoms with van der Waals surface area (Å²) in [6.07, 6.45) is 7.18. The second-order valence-corrected chi connectivity index (χ2v) is 8.99. The molecule has 1 aromatic heterocycles. The topological polar surface area (TPSA) is 45.7 Å². The third kappa shape index (κ3) is 5.62. The number of ether oxygens (including phenoxy) is 1. The molecule has 5 nitrogen and oxygen atoms in total. The minimum atomic E-state index is -0.250. The molecule has 0 radical (unpaired) electrons. The zero-order chi connectivity index (χ0) is 21.6. The number of para-hydroxylation sites is 1. The van der Waals surface area contributed by atoms with E-state index >= 15 is 0 Å². The average Bonchev–Trinajstić information content (AvgIpc) is 2.80. The maximum absolute atomic E-state index is 14.0. The van der Waals surface area contributed by atoms with E-state index in [2.05, 4.69) is 16.8 Å². The number of carbonyl (C=O) groups excluding carboxylic acids is 1. The van der Waals surface area contributed by atoms with Gasteiger partial charge in [-0.25, -0.2) is 4.39 Å². The number of rotatable bonds is 6. The molecule has 0 bridgehead atoms. The van der Waals surface area contributed by atoms with Crippen LogP contribution in [-0.4, -0.2) is 53.5 Å². The van der Waals surface area contributed by atoms with Crippen molar-refractivity contribution in [1.29, 1.82) is 0 Å². The fourth-order valence-electron chi connectivity index (χ4n) is 4.56. The second-order valence-electron chi connectivity index (χ2n) is 8.99. The Morgan fingerprint density at radius 3 is 2.77 bits per heavy atom. The van der Waals surface area contributed by atoms with Gasteiger partial charge in [0, 0.05) is 43.9 Å². The summed E-state index contributed by atoms with van der Waals surface area (Å²) in [5.41, 5.74) is 1.34. The van der Waals surface area contributed by atoms with Crippen LogP contribution in [0.2, 0.25) is 0 Å². The van der Waals surface area contributed by atoms with Gasteiger partial charge in [0.15, 0.2) is 0 Å². The molecule has 166 valence electrons. The highest BCUT2D eigenvalue weighted by Crippen LogP contribution is 2.26. The van der Waals surface area contributed by atoms with Crippen molar-refractivity contribution in [3.8, 4) is 5.75 Å². The Labute approximate surface area is 184 Å². The Bertz CT molecular complexity index is 883. The first-order valence-corrected chi connectivity index (χ1v) is 11.4. The predicted molar refractivity (Wildman–Crippen MR) is 118 cm³/mol. The molecule has 1 atom stereocenters. The third-order valence-electron chi connectivity index (χ3n) is 6.52. The van der Waals surface area contributed by atoms with Crippen molar-refractivity contribution < 1.29 is 13.9 Å². The molecule has 2 fully saturated rings. The van der Waals surface area contributed by atoms with Gasteiger partial charge in [0.1, 0.15) is 11.6 Å². The summed E-state index contributed by atoms with van der Waals surface area (Å²) in [5.74, 6) is 1.54. The number of hydrogen-bond donors (Lipinski definition) is 0. The van der Waals surface area contributed by atoms with E-state index in [1.54, 1.807) is 12.3 Å². The first kappa shape index (κ1) is 21.8. The van der Waals surface area contributed by atoms with Crippen molar-refractivity contribution in [2.24, 2.45) is 11.8 Å². The van der Waals surface area contributed by atoms with Gasteiger partial charge < -0.3 is 9.64 Å². The number of pyridine rings is 1. The van der Waals surface area contributed by atoms with Crippen LogP contribution in [0.4, 0.5) is 4.39 Å². The van der Waals surface area contributed by atoms with Crippen LogP contribution in [0.25, 0.3) is 0 Å². The molecule has 0 aliphatic carbocycles. The maximum Gasteiger partial charge on any atom is 0.257 e. The van der Waals surface area contributed by atoms with Crippen LogP contribution in [-0.2, 0) is 6.54 Å². The molecule has 1 unspecified atom stereocenters. The molecule has 1 aromatic carbocycles. The number of amides is 1. The number of piperidine rings is 2. The van der Waals surface area contributed by atoms with Crippen LogP contribution in [0.3, 0.4) is 0 Å². The van der Waals surface area contributed by atoms with E-state index in [0.29, 0.717) is 41.9 Å². The van der Waals surface area contributed by atoms with Crippen molar-refractivity contribution in [3.63, 3.8) is 0 Å². The fraction of sp³-hybridized carbons (Fsp3) is 0.520. The molecule has 0 spiro atoms. The van der Waals surface area contributed by atoms with Crippen LogP contribution < -0.4 is 4.74 Å². The summed E-state index contributed by atoms with van der Waals surface area (Å²) >= 11 is 0. The molecule has 2 aliphatic rings. The number of halogens is 1. The molecule has 2 saturated heterocycles. The number of carbonyl (C=O) groups is 1. The predicted octanol–water partition coefficient (Wildman–Crippen LogP) is 4.38. The monoisotopic (exact) mass is 425 g/mol. The molecular weight excluding hydrogens is 393 g/mol. The van der Waals surface area contributed by atoms with Crippen molar-refractivity contribution in [1.82, 2.24) is 14.8 Å². The number of aromatic nitrogens is 1. The van der Waals surface area contributed by atoms with Gasteiger partial charge in [-0.15, -0.1) is 0 Å². The minimum Gasteiger partial charge on any atom is -0.492 e. The van der Waals surface area contributed by atoms with E-state index in [9.17, 15) is 9.18 Å². The van der Waals surface area contributed by atoms with Gasteiger partial charge in [-0.2, -0.15) is 0 Å². The highest BCUT2D eigenvalue weighted by Gasteiger charge is 2.25.